The molecule has 2 aliphatic carbocycles. The van der Waals surface area contributed by atoms with Crippen LogP contribution in [0.1, 0.15) is 77.6 Å². The largest absolute Gasteiger partial charge is 0.360 e. The lowest BCUT2D eigenvalue weighted by Crippen LogP contribution is -2.53. The molecule has 1 saturated heterocycles. The van der Waals surface area contributed by atoms with Crippen LogP contribution in [0.25, 0.3) is 10.9 Å². The number of aromatic nitrogens is 1. The van der Waals surface area contributed by atoms with Crippen molar-refractivity contribution in [3.63, 3.8) is 0 Å². The van der Waals surface area contributed by atoms with E-state index in [1.54, 1.807) is 12.3 Å². The fraction of sp³-hybridized carbons (Fsp3) is 0.467. The second kappa shape index (κ2) is 9.80. The van der Waals surface area contributed by atoms with Gasteiger partial charge in [-0.05, 0) is 81.4 Å². The number of carbonyl (C=O) groups excluding carboxylic acids is 2. The summed E-state index contributed by atoms with van der Waals surface area (Å²) in [6.07, 6.45) is 10.6. The van der Waals surface area contributed by atoms with Crippen molar-refractivity contribution in [1.82, 2.24) is 20.5 Å². The Bertz CT molecular complexity index is 1300. The predicted molar refractivity (Wildman–Crippen MR) is 147 cm³/mol. The molecule has 6 nitrogen and oxygen atoms in total. The maximum atomic E-state index is 13.2. The molecule has 1 aliphatic heterocycles. The van der Waals surface area contributed by atoms with E-state index in [-0.39, 0.29) is 17.2 Å². The molecule has 3 aromatic rings. The molecule has 37 heavy (non-hydrogen) atoms. The lowest BCUT2D eigenvalue weighted by Gasteiger charge is -2.31. The molecule has 194 valence electrons. The van der Waals surface area contributed by atoms with E-state index in [1.807, 2.05) is 24.3 Å². The Labute approximate surface area is 223 Å². The molecular formula is C30H35ClN4O2. The summed E-state index contributed by atoms with van der Waals surface area (Å²) in [6, 6.07) is 13.7. The van der Waals surface area contributed by atoms with Crippen molar-refractivity contribution in [1.29, 1.82) is 0 Å². The van der Waals surface area contributed by atoms with Crippen molar-refractivity contribution < 1.29 is 9.59 Å². The van der Waals surface area contributed by atoms with E-state index in [0.717, 1.165) is 43.1 Å². The average molecular weight is 519 g/mol. The molecule has 1 aromatic heterocycles. The van der Waals surface area contributed by atoms with Gasteiger partial charge in [-0.2, -0.15) is 0 Å². The average Bonchev–Trinajstić information content (AvgIpc) is 3.23. The smallest absolute Gasteiger partial charge is 0.251 e. The van der Waals surface area contributed by atoms with Crippen molar-refractivity contribution in [3.8, 4) is 0 Å². The number of nitrogens with zero attached hydrogens (tertiary/aromatic N) is 1. The number of fused-ring (bicyclic) bond motifs is 1. The molecule has 0 atom stereocenters. The SMILES string of the molecule is O=C(NCC1(NC(=O)c2ccc3c(Cl)c[nH]c3c2)CCCC1)c1ccc(C2(CN3CCCC3)CC2)cc1. The summed E-state index contributed by atoms with van der Waals surface area (Å²) in [5, 5.41) is 7.91. The highest BCUT2D eigenvalue weighted by Crippen LogP contribution is 2.49. The molecular weight excluding hydrogens is 484 g/mol. The van der Waals surface area contributed by atoms with Crippen LogP contribution in [-0.2, 0) is 5.41 Å². The molecule has 7 heteroatoms. The standard InChI is InChI=1S/C30H35ClN4O2/c31-25-18-32-26-17-22(7-10-24(25)26)28(37)34-30(11-1-2-12-30)19-33-27(36)21-5-8-23(9-6-21)29(13-14-29)20-35-15-3-4-16-35/h5-10,17-18,32H,1-4,11-16,19-20H2,(H,33,36)(H,34,37). The first-order valence-corrected chi connectivity index (χ1v) is 14.0. The molecule has 2 amide bonds. The van der Waals surface area contributed by atoms with Gasteiger partial charge in [0.1, 0.15) is 0 Å². The number of hydrogen-bond acceptors (Lipinski definition) is 3. The number of H-pyrrole nitrogens is 1. The number of rotatable bonds is 8. The number of benzene rings is 2. The Morgan fingerprint density at radius 3 is 2.30 bits per heavy atom. The zero-order chi connectivity index (χ0) is 25.5. The number of hydrogen-bond donors (Lipinski definition) is 3. The summed E-state index contributed by atoms with van der Waals surface area (Å²) in [5.74, 6) is -0.209. The van der Waals surface area contributed by atoms with E-state index in [2.05, 4.69) is 32.7 Å². The highest BCUT2D eigenvalue weighted by molar-refractivity contribution is 6.35. The van der Waals surface area contributed by atoms with Gasteiger partial charge in [0.25, 0.3) is 11.8 Å². The first-order chi connectivity index (χ1) is 18.0. The van der Waals surface area contributed by atoms with Crippen molar-refractivity contribution in [3.05, 3.63) is 70.4 Å². The van der Waals surface area contributed by atoms with Gasteiger partial charge in [-0.25, -0.2) is 0 Å². The van der Waals surface area contributed by atoms with E-state index in [1.165, 1.54) is 44.3 Å². The van der Waals surface area contributed by atoms with E-state index in [4.69, 9.17) is 11.6 Å². The highest BCUT2D eigenvalue weighted by Gasteiger charge is 2.45. The molecule has 3 N–H and O–H groups in total. The number of aromatic amines is 1. The Morgan fingerprint density at radius 1 is 0.892 bits per heavy atom. The first-order valence-electron chi connectivity index (χ1n) is 13.7. The van der Waals surface area contributed by atoms with Crippen LogP contribution in [0.5, 0.6) is 0 Å². The van der Waals surface area contributed by atoms with Crippen LogP contribution >= 0.6 is 11.6 Å². The topological polar surface area (TPSA) is 77.2 Å². The van der Waals surface area contributed by atoms with Crippen LogP contribution in [0, 0.1) is 0 Å². The third-order valence-electron chi connectivity index (χ3n) is 8.76. The molecule has 3 fully saturated rings. The fourth-order valence-electron chi connectivity index (χ4n) is 6.33. The monoisotopic (exact) mass is 518 g/mol. The van der Waals surface area contributed by atoms with Crippen molar-refractivity contribution in [2.24, 2.45) is 0 Å². The summed E-state index contributed by atoms with van der Waals surface area (Å²) in [7, 11) is 0. The molecule has 0 spiro atoms. The molecule has 0 unspecified atom stereocenters. The summed E-state index contributed by atoms with van der Waals surface area (Å²) in [5.41, 5.74) is 3.31. The van der Waals surface area contributed by atoms with Gasteiger partial charge in [-0.15, -0.1) is 0 Å². The lowest BCUT2D eigenvalue weighted by atomic mass is 9.94. The van der Waals surface area contributed by atoms with Crippen LogP contribution in [0.2, 0.25) is 5.02 Å². The van der Waals surface area contributed by atoms with Crippen LogP contribution in [0.4, 0.5) is 0 Å². The summed E-state index contributed by atoms with van der Waals surface area (Å²) in [6.45, 7) is 4.00. The maximum absolute atomic E-state index is 13.2. The third-order valence-corrected chi connectivity index (χ3v) is 9.07. The molecule has 2 aromatic carbocycles. The Balaban J connectivity index is 1.09. The van der Waals surface area contributed by atoms with Crippen LogP contribution in [0.3, 0.4) is 0 Å². The number of nitrogens with one attached hydrogen (secondary N) is 3. The number of likely N-dealkylation sites (tertiary alicyclic amines) is 1. The van der Waals surface area contributed by atoms with Crippen LogP contribution < -0.4 is 10.6 Å². The van der Waals surface area contributed by atoms with Crippen LogP contribution in [-0.4, -0.2) is 53.4 Å². The molecule has 6 rings (SSSR count). The summed E-state index contributed by atoms with van der Waals surface area (Å²) in [4.78, 5) is 31.9. The zero-order valence-electron chi connectivity index (χ0n) is 21.2. The number of carbonyl (C=O) groups is 2. The van der Waals surface area contributed by atoms with Crippen molar-refractivity contribution >= 4 is 34.3 Å². The van der Waals surface area contributed by atoms with Gasteiger partial charge in [0.15, 0.2) is 0 Å². The van der Waals surface area contributed by atoms with Crippen LogP contribution in [0.15, 0.2) is 48.7 Å². The van der Waals surface area contributed by atoms with Crippen molar-refractivity contribution in [2.75, 3.05) is 26.2 Å². The van der Waals surface area contributed by atoms with Gasteiger partial charge >= 0.3 is 0 Å². The van der Waals surface area contributed by atoms with Gasteiger partial charge in [0.05, 0.1) is 10.6 Å². The fourth-order valence-corrected chi connectivity index (χ4v) is 6.55. The highest BCUT2D eigenvalue weighted by atomic mass is 35.5. The van der Waals surface area contributed by atoms with Gasteiger partial charge in [-0.3, -0.25) is 9.59 Å². The number of halogens is 1. The number of amides is 2. The van der Waals surface area contributed by atoms with E-state index >= 15 is 0 Å². The minimum absolute atomic E-state index is 0.0843. The van der Waals surface area contributed by atoms with E-state index < -0.39 is 5.54 Å². The van der Waals surface area contributed by atoms with Gasteiger partial charge in [-0.1, -0.05) is 42.6 Å². The second-order valence-electron chi connectivity index (χ2n) is 11.4. The molecule has 3 aliphatic rings. The van der Waals surface area contributed by atoms with Gasteiger partial charge in [0, 0.05) is 46.7 Å². The molecule has 0 radical (unpaired) electrons. The summed E-state index contributed by atoms with van der Waals surface area (Å²) >= 11 is 6.18. The Hall–Kier alpha value is -2.83. The first kappa shape index (κ1) is 24.5. The Morgan fingerprint density at radius 2 is 1.59 bits per heavy atom. The second-order valence-corrected chi connectivity index (χ2v) is 11.8. The normalized spacial score (nSPS) is 20.2. The zero-order valence-corrected chi connectivity index (χ0v) is 22.0. The molecule has 0 bridgehead atoms. The molecule has 2 heterocycles. The minimum atomic E-state index is -0.428. The lowest BCUT2D eigenvalue weighted by molar-refractivity contribution is 0.0867. The maximum Gasteiger partial charge on any atom is 0.251 e. The quantitative estimate of drug-likeness (QED) is 0.372. The summed E-state index contributed by atoms with van der Waals surface area (Å²) < 4.78 is 0. The van der Waals surface area contributed by atoms with Gasteiger partial charge in [0.2, 0.25) is 0 Å². The Kier molecular flexibility index (Phi) is 6.49. The third kappa shape index (κ3) is 5.01. The van der Waals surface area contributed by atoms with E-state index in [0.29, 0.717) is 22.7 Å². The van der Waals surface area contributed by atoms with Crippen molar-refractivity contribution in [2.45, 2.75) is 62.3 Å². The molecule has 2 saturated carbocycles. The minimum Gasteiger partial charge on any atom is -0.360 e. The van der Waals surface area contributed by atoms with E-state index in [9.17, 15) is 9.59 Å². The predicted octanol–water partition coefficient (Wildman–Crippen LogP) is 5.42. The van der Waals surface area contributed by atoms with Gasteiger partial charge < -0.3 is 20.5 Å².